The Bertz CT molecular complexity index is 398. The van der Waals surface area contributed by atoms with Gasteiger partial charge in [0.2, 0.25) is 0 Å². The van der Waals surface area contributed by atoms with Crippen molar-refractivity contribution in [2.45, 2.75) is 19.4 Å². The van der Waals surface area contributed by atoms with E-state index in [4.69, 9.17) is 9.84 Å². The SMILES string of the molecule is C=C(C)O[C@@H](Cc1cccc(O)c1)C(=O)O. The van der Waals surface area contributed by atoms with Gasteiger partial charge in [-0.25, -0.2) is 4.79 Å². The van der Waals surface area contributed by atoms with Crippen LogP contribution in [0.4, 0.5) is 0 Å². The summed E-state index contributed by atoms with van der Waals surface area (Å²) in [5, 5.41) is 18.2. The van der Waals surface area contributed by atoms with Crippen LogP contribution in [0.2, 0.25) is 0 Å². The van der Waals surface area contributed by atoms with Crippen LogP contribution in [0.25, 0.3) is 0 Å². The Morgan fingerprint density at radius 2 is 2.25 bits per heavy atom. The molecule has 0 spiro atoms. The standard InChI is InChI=1S/C12H14O4/c1-8(2)16-11(12(14)15)7-9-4-3-5-10(13)6-9/h3-6,11,13H,1,7H2,2H3,(H,14,15)/t11-/m0/s1. The summed E-state index contributed by atoms with van der Waals surface area (Å²) < 4.78 is 5.08. The van der Waals surface area contributed by atoms with Crippen molar-refractivity contribution < 1.29 is 19.7 Å². The normalized spacial score (nSPS) is 11.8. The molecule has 1 atom stereocenters. The number of benzene rings is 1. The number of carbonyl (C=O) groups is 1. The molecule has 0 amide bonds. The predicted molar refractivity (Wildman–Crippen MR) is 59.1 cm³/mol. The van der Waals surface area contributed by atoms with Gasteiger partial charge in [0, 0.05) is 6.42 Å². The lowest BCUT2D eigenvalue weighted by molar-refractivity contribution is -0.147. The van der Waals surface area contributed by atoms with Crippen LogP contribution >= 0.6 is 0 Å². The number of carboxylic acid groups (broad SMARTS) is 1. The highest BCUT2D eigenvalue weighted by molar-refractivity contribution is 5.73. The summed E-state index contributed by atoms with van der Waals surface area (Å²) >= 11 is 0. The monoisotopic (exact) mass is 222 g/mol. The lowest BCUT2D eigenvalue weighted by Crippen LogP contribution is -2.25. The second kappa shape index (κ2) is 5.21. The maximum Gasteiger partial charge on any atom is 0.345 e. The Morgan fingerprint density at radius 1 is 1.56 bits per heavy atom. The van der Waals surface area contributed by atoms with Gasteiger partial charge in [0.1, 0.15) is 5.75 Å². The van der Waals surface area contributed by atoms with Gasteiger partial charge in [-0.15, -0.1) is 0 Å². The molecule has 0 bridgehead atoms. The van der Waals surface area contributed by atoms with Gasteiger partial charge in [-0.3, -0.25) is 0 Å². The van der Waals surface area contributed by atoms with Crippen molar-refractivity contribution in [2.75, 3.05) is 0 Å². The quantitative estimate of drug-likeness (QED) is 0.747. The molecule has 0 aliphatic rings. The summed E-state index contributed by atoms with van der Waals surface area (Å²) in [5.74, 6) is -0.587. The minimum atomic E-state index is -1.05. The number of carboxylic acids is 1. The molecule has 0 aliphatic heterocycles. The molecule has 16 heavy (non-hydrogen) atoms. The molecule has 0 aliphatic carbocycles. The Labute approximate surface area is 93.8 Å². The summed E-state index contributed by atoms with van der Waals surface area (Å²) in [4.78, 5) is 10.9. The van der Waals surface area contributed by atoms with E-state index in [0.717, 1.165) is 0 Å². The van der Waals surface area contributed by atoms with Crippen molar-refractivity contribution >= 4 is 5.97 Å². The number of allylic oxidation sites excluding steroid dienone is 1. The minimum absolute atomic E-state index is 0.108. The van der Waals surface area contributed by atoms with Gasteiger partial charge >= 0.3 is 5.97 Å². The van der Waals surface area contributed by atoms with Crippen molar-refractivity contribution in [3.05, 3.63) is 42.2 Å². The van der Waals surface area contributed by atoms with Crippen LogP contribution in [0.5, 0.6) is 5.75 Å². The van der Waals surface area contributed by atoms with Crippen LogP contribution in [0.1, 0.15) is 12.5 Å². The van der Waals surface area contributed by atoms with Gasteiger partial charge < -0.3 is 14.9 Å². The highest BCUT2D eigenvalue weighted by Gasteiger charge is 2.19. The number of hydrogen-bond acceptors (Lipinski definition) is 3. The molecule has 1 rings (SSSR count). The van der Waals surface area contributed by atoms with Gasteiger partial charge in [-0.05, 0) is 24.6 Å². The van der Waals surface area contributed by atoms with Crippen LogP contribution in [-0.2, 0) is 16.0 Å². The van der Waals surface area contributed by atoms with Crippen LogP contribution in [0.15, 0.2) is 36.6 Å². The van der Waals surface area contributed by atoms with Crippen molar-refractivity contribution in [1.82, 2.24) is 0 Å². The molecule has 0 saturated heterocycles. The van der Waals surface area contributed by atoms with Crippen LogP contribution in [-0.4, -0.2) is 22.3 Å². The number of hydrogen-bond donors (Lipinski definition) is 2. The number of phenols is 1. The smallest absolute Gasteiger partial charge is 0.345 e. The topological polar surface area (TPSA) is 66.8 Å². The molecular weight excluding hydrogens is 208 g/mol. The molecule has 4 nitrogen and oxygen atoms in total. The summed E-state index contributed by atoms with van der Waals surface area (Å²) in [6.07, 6.45) is -0.782. The molecular formula is C12H14O4. The zero-order valence-electron chi connectivity index (χ0n) is 9.01. The number of phenolic OH excluding ortho intramolecular Hbond substituents is 1. The van der Waals surface area contributed by atoms with Crippen molar-refractivity contribution in [3.63, 3.8) is 0 Å². The molecule has 0 fully saturated rings. The highest BCUT2D eigenvalue weighted by atomic mass is 16.5. The fourth-order valence-electron chi connectivity index (χ4n) is 1.32. The van der Waals surface area contributed by atoms with E-state index in [1.165, 1.54) is 12.1 Å². The molecule has 0 saturated carbocycles. The lowest BCUT2D eigenvalue weighted by atomic mass is 10.1. The molecule has 0 heterocycles. The van der Waals surface area contributed by atoms with E-state index in [0.29, 0.717) is 11.3 Å². The number of aliphatic carboxylic acids is 1. The zero-order chi connectivity index (χ0) is 12.1. The summed E-state index contributed by atoms with van der Waals surface area (Å²) in [7, 11) is 0. The van der Waals surface area contributed by atoms with Crippen molar-refractivity contribution in [3.8, 4) is 5.75 Å². The van der Waals surface area contributed by atoms with E-state index < -0.39 is 12.1 Å². The Hall–Kier alpha value is -1.97. The number of ether oxygens (including phenoxy) is 1. The van der Waals surface area contributed by atoms with E-state index in [1.54, 1.807) is 19.1 Å². The second-order valence-electron chi connectivity index (χ2n) is 3.52. The zero-order valence-corrected chi connectivity index (χ0v) is 9.01. The van der Waals surface area contributed by atoms with Crippen LogP contribution in [0.3, 0.4) is 0 Å². The Kier molecular flexibility index (Phi) is 3.94. The fourth-order valence-corrected chi connectivity index (χ4v) is 1.32. The van der Waals surface area contributed by atoms with E-state index in [-0.39, 0.29) is 12.2 Å². The molecule has 0 aromatic heterocycles. The molecule has 2 N–H and O–H groups in total. The maximum atomic E-state index is 10.9. The van der Waals surface area contributed by atoms with E-state index >= 15 is 0 Å². The molecule has 86 valence electrons. The lowest BCUT2D eigenvalue weighted by Gasteiger charge is -2.14. The first-order valence-electron chi connectivity index (χ1n) is 4.82. The first kappa shape index (κ1) is 12.1. The fraction of sp³-hybridized carbons (Fsp3) is 0.250. The molecule has 1 aromatic carbocycles. The van der Waals surface area contributed by atoms with Crippen molar-refractivity contribution in [2.24, 2.45) is 0 Å². The van der Waals surface area contributed by atoms with Crippen molar-refractivity contribution in [1.29, 1.82) is 0 Å². The first-order valence-corrected chi connectivity index (χ1v) is 4.82. The Morgan fingerprint density at radius 3 is 2.75 bits per heavy atom. The molecule has 0 unspecified atom stereocenters. The molecule has 4 heteroatoms. The van der Waals surface area contributed by atoms with Gasteiger partial charge in [0.15, 0.2) is 6.10 Å². The van der Waals surface area contributed by atoms with Gasteiger partial charge in [-0.2, -0.15) is 0 Å². The molecule has 1 aromatic rings. The van der Waals surface area contributed by atoms with E-state index in [9.17, 15) is 9.90 Å². The van der Waals surface area contributed by atoms with Gasteiger partial charge in [-0.1, -0.05) is 18.7 Å². The average Bonchev–Trinajstić information content (AvgIpc) is 2.15. The van der Waals surface area contributed by atoms with Crippen LogP contribution < -0.4 is 0 Å². The van der Waals surface area contributed by atoms with Gasteiger partial charge in [0.25, 0.3) is 0 Å². The third kappa shape index (κ3) is 3.65. The third-order valence-electron chi connectivity index (χ3n) is 1.95. The number of aromatic hydroxyl groups is 1. The predicted octanol–water partition coefficient (Wildman–Crippen LogP) is 1.94. The maximum absolute atomic E-state index is 10.9. The summed E-state index contributed by atoms with van der Waals surface area (Å²) in [6.45, 7) is 5.10. The molecule has 0 radical (unpaired) electrons. The highest BCUT2D eigenvalue weighted by Crippen LogP contribution is 2.14. The van der Waals surface area contributed by atoms with Crippen LogP contribution in [0, 0.1) is 0 Å². The van der Waals surface area contributed by atoms with E-state index in [2.05, 4.69) is 6.58 Å². The summed E-state index contributed by atoms with van der Waals surface area (Å²) in [6, 6.07) is 6.43. The minimum Gasteiger partial charge on any atom is -0.508 e. The Balaban J connectivity index is 2.75. The van der Waals surface area contributed by atoms with Gasteiger partial charge in [0.05, 0.1) is 5.76 Å². The number of rotatable bonds is 5. The first-order chi connectivity index (χ1) is 7.49. The third-order valence-corrected chi connectivity index (χ3v) is 1.95. The average molecular weight is 222 g/mol. The van der Waals surface area contributed by atoms with E-state index in [1.807, 2.05) is 0 Å². The largest absolute Gasteiger partial charge is 0.508 e. The second-order valence-corrected chi connectivity index (χ2v) is 3.52. The summed E-state index contributed by atoms with van der Waals surface area (Å²) in [5.41, 5.74) is 0.702.